The Morgan fingerprint density at radius 3 is 2.83 bits per heavy atom. The van der Waals surface area contributed by atoms with Crippen LogP contribution in [0.1, 0.15) is 17.3 Å². The average molecular weight is 290 g/mol. The smallest absolute Gasteiger partial charge is 0.251 e. The summed E-state index contributed by atoms with van der Waals surface area (Å²) in [7, 11) is -0.916. The number of carbonyl (C=O) groups excluding carboxylic acids is 1. The van der Waals surface area contributed by atoms with Crippen molar-refractivity contribution in [3.63, 3.8) is 0 Å². The highest BCUT2D eigenvalue weighted by Crippen LogP contribution is 2.14. The van der Waals surface area contributed by atoms with Crippen molar-refractivity contribution in [1.29, 1.82) is 0 Å². The molecule has 0 aliphatic carbocycles. The number of hydrogen-bond acceptors (Lipinski definition) is 4. The summed E-state index contributed by atoms with van der Waals surface area (Å²) in [6, 6.07) is 3.13. The van der Waals surface area contributed by atoms with Crippen molar-refractivity contribution in [3.05, 3.63) is 22.8 Å². The van der Waals surface area contributed by atoms with Gasteiger partial charge >= 0.3 is 0 Å². The monoisotopic (exact) mass is 289 g/mol. The lowest BCUT2D eigenvalue weighted by Crippen LogP contribution is -2.27. The lowest BCUT2D eigenvalue weighted by atomic mass is 10.2. The van der Waals surface area contributed by atoms with E-state index in [0.29, 0.717) is 30.2 Å². The Morgan fingerprint density at radius 1 is 1.50 bits per heavy atom. The molecule has 7 heteroatoms. The van der Waals surface area contributed by atoms with Crippen molar-refractivity contribution in [2.24, 2.45) is 0 Å². The van der Waals surface area contributed by atoms with Crippen molar-refractivity contribution in [2.45, 2.75) is 6.92 Å². The molecule has 100 valence electrons. The molecule has 0 saturated carbocycles. The quantitative estimate of drug-likeness (QED) is 0.774. The normalized spacial score (nSPS) is 11.9. The van der Waals surface area contributed by atoms with Crippen LogP contribution in [0.4, 0.5) is 5.82 Å². The molecular formula is C11H16ClN3O2S. The van der Waals surface area contributed by atoms with Crippen LogP contribution in [-0.4, -0.2) is 40.2 Å². The van der Waals surface area contributed by atoms with Crippen LogP contribution in [0.2, 0.25) is 5.15 Å². The van der Waals surface area contributed by atoms with E-state index in [0.717, 1.165) is 0 Å². The molecule has 1 heterocycles. The zero-order valence-corrected chi connectivity index (χ0v) is 11.9. The lowest BCUT2D eigenvalue weighted by Gasteiger charge is -2.07. The number of nitrogens with one attached hydrogen (secondary N) is 2. The highest BCUT2D eigenvalue weighted by atomic mass is 35.5. The molecule has 5 nitrogen and oxygen atoms in total. The first-order chi connectivity index (χ1) is 8.52. The van der Waals surface area contributed by atoms with E-state index in [2.05, 4.69) is 15.6 Å². The first-order valence-electron chi connectivity index (χ1n) is 5.52. The molecule has 1 atom stereocenters. The molecule has 0 aromatic carbocycles. The molecule has 1 rings (SSSR count). The maximum Gasteiger partial charge on any atom is 0.251 e. The third-order valence-electron chi connectivity index (χ3n) is 2.09. The van der Waals surface area contributed by atoms with Gasteiger partial charge < -0.3 is 10.6 Å². The number of hydrogen-bond donors (Lipinski definition) is 2. The summed E-state index contributed by atoms with van der Waals surface area (Å²) in [5.74, 6) is 0.753. The molecule has 0 spiro atoms. The summed E-state index contributed by atoms with van der Waals surface area (Å²) in [5.41, 5.74) is 0.438. The maximum absolute atomic E-state index is 11.8. The molecule has 0 aliphatic heterocycles. The van der Waals surface area contributed by atoms with Crippen LogP contribution in [-0.2, 0) is 10.8 Å². The van der Waals surface area contributed by atoms with Gasteiger partial charge in [-0.25, -0.2) is 4.98 Å². The fourth-order valence-electron chi connectivity index (χ4n) is 1.31. The number of pyridine rings is 1. The molecule has 0 aliphatic rings. The summed E-state index contributed by atoms with van der Waals surface area (Å²) < 4.78 is 10.9. The van der Waals surface area contributed by atoms with E-state index in [1.807, 2.05) is 6.92 Å². The Kier molecular flexibility index (Phi) is 6.07. The molecule has 18 heavy (non-hydrogen) atoms. The minimum absolute atomic E-state index is 0.246. The SMILES string of the molecule is CCNc1cc(C(=O)NCCS(C)=O)cc(Cl)n1. The molecule has 0 fully saturated rings. The van der Waals surface area contributed by atoms with E-state index in [-0.39, 0.29) is 11.1 Å². The van der Waals surface area contributed by atoms with Crippen molar-refractivity contribution in [1.82, 2.24) is 10.3 Å². The molecule has 0 bridgehead atoms. The molecule has 1 unspecified atom stereocenters. The summed E-state index contributed by atoms with van der Waals surface area (Å²) in [6.07, 6.45) is 1.60. The second-order valence-corrected chi connectivity index (χ2v) is 5.57. The lowest BCUT2D eigenvalue weighted by molar-refractivity contribution is 0.0956. The number of halogens is 1. The van der Waals surface area contributed by atoms with Gasteiger partial charge in [-0.15, -0.1) is 0 Å². The first kappa shape index (κ1) is 14.9. The van der Waals surface area contributed by atoms with Crippen molar-refractivity contribution >= 4 is 34.1 Å². The Labute approximate surface area is 114 Å². The zero-order chi connectivity index (χ0) is 13.5. The molecule has 1 aromatic rings. The van der Waals surface area contributed by atoms with Gasteiger partial charge in [0.2, 0.25) is 0 Å². The molecule has 2 N–H and O–H groups in total. The molecule has 0 saturated heterocycles. The second kappa shape index (κ2) is 7.33. The van der Waals surface area contributed by atoms with Crippen molar-refractivity contribution in [2.75, 3.05) is 30.4 Å². The van der Waals surface area contributed by atoms with Crippen LogP contribution in [0.15, 0.2) is 12.1 Å². The fraction of sp³-hybridized carbons (Fsp3) is 0.455. The number of rotatable bonds is 6. The van der Waals surface area contributed by atoms with E-state index < -0.39 is 10.8 Å². The Bertz CT molecular complexity index is 454. The first-order valence-corrected chi connectivity index (χ1v) is 7.63. The number of anilines is 1. The Morgan fingerprint density at radius 2 is 2.22 bits per heavy atom. The summed E-state index contributed by atoms with van der Waals surface area (Å²) in [6.45, 7) is 3.00. The Balaban J connectivity index is 2.69. The highest BCUT2D eigenvalue weighted by molar-refractivity contribution is 7.84. The topological polar surface area (TPSA) is 71.1 Å². The van der Waals surface area contributed by atoms with Gasteiger partial charge in [-0.2, -0.15) is 0 Å². The van der Waals surface area contributed by atoms with Gasteiger partial charge in [0, 0.05) is 41.5 Å². The molecule has 1 aromatic heterocycles. The van der Waals surface area contributed by atoms with Crippen LogP contribution >= 0.6 is 11.6 Å². The number of aromatic nitrogens is 1. The second-order valence-electron chi connectivity index (χ2n) is 3.63. The van der Waals surface area contributed by atoms with E-state index >= 15 is 0 Å². The van der Waals surface area contributed by atoms with E-state index in [9.17, 15) is 9.00 Å². The fourth-order valence-corrected chi connectivity index (χ4v) is 1.91. The van der Waals surface area contributed by atoms with Crippen LogP contribution in [0.25, 0.3) is 0 Å². The average Bonchev–Trinajstić information content (AvgIpc) is 2.28. The van der Waals surface area contributed by atoms with Gasteiger partial charge in [0.1, 0.15) is 11.0 Å². The van der Waals surface area contributed by atoms with Gasteiger partial charge in [0.15, 0.2) is 0 Å². The predicted molar refractivity (Wildman–Crippen MR) is 74.7 cm³/mol. The van der Waals surface area contributed by atoms with E-state index in [1.54, 1.807) is 12.3 Å². The van der Waals surface area contributed by atoms with E-state index in [4.69, 9.17) is 11.6 Å². The van der Waals surface area contributed by atoms with Crippen molar-refractivity contribution < 1.29 is 9.00 Å². The van der Waals surface area contributed by atoms with Crippen LogP contribution in [0, 0.1) is 0 Å². The number of amides is 1. The summed E-state index contributed by atoms with van der Waals surface area (Å²) >= 11 is 5.83. The summed E-state index contributed by atoms with van der Waals surface area (Å²) in [4.78, 5) is 15.9. The Hall–Kier alpha value is -1.14. The van der Waals surface area contributed by atoms with E-state index in [1.165, 1.54) is 6.07 Å². The molecule has 0 radical (unpaired) electrons. The highest BCUT2D eigenvalue weighted by Gasteiger charge is 2.08. The predicted octanol–water partition coefficient (Wildman–Crippen LogP) is 1.28. The minimum atomic E-state index is -0.916. The van der Waals surface area contributed by atoms with Gasteiger partial charge in [-0.3, -0.25) is 9.00 Å². The largest absolute Gasteiger partial charge is 0.370 e. The minimum Gasteiger partial charge on any atom is -0.370 e. The number of nitrogens with zero attached hydrogens (tertiary/aromatic N) is 1. The number of carbonyl (C=O) groups is 1. The maximum atomic E-state index is 11.8. The van der Waals surface area contributed by atoms with Gasteiger partial charge in [-0.05, 0) is 19.1 Å². The third-order valence-corrected chi connectivity index (χ3v) is 3.06. The third kappa shape index (κ3) is 5.01. The summed E-state index contributed by atoms with van der Waals surface area (Å²) in [5, 5.41) is 5.94. The molecular weight excluding hydrogens is 274 g/mol. The molecule has 1 amide bonds. The van der Waals surface area contributed by atoms with Gasteiger partial charge in [-0.1, -0.05) is 11.6 Å². The van der Waals surface area contributed by atoms with Crippen LogP contribution in [0.5, 0.6) is 0 Å². The van der Waals surface area contributed by atoms with Crippen LogP contribution in [0.3, 0.4) is 0 Å². The van der Waals surface area contributed by atoms with Gasteiger partial charge in [0.05, 0.1) is 0 Å². The van der Waals surface area contributed by atoms with Crippen molar-refractivity contribution in [3.8, 4) is 0 Å². The van der Waals surface area contributed by atoms with Crippen LogP contribution < -0.4 is 10.6 Å². The zero-order valence-electron chi connectivity index (χ0n) is 10.3. The van der Waals surface area contributed by atoms with Gasteiger partial charge in [0.25, 0.3) is 5.91 Å². The standard InChI is InChI=1S/C11H16ClN3O2S/c1-3-13-10-7-8(6-9(12)15-10)11(16)14-4-5-18(2)17/h6-7H,3-5H2,1-2H3,(H,13,15)(H,14,16).